The number of thioether (sulfide) groups is 1. The van der Waals surface area contributed by atoms with Crippen molar-refractivity contribution < 1.29 is 4.79 Å². The van der Waals surface area contributed by atoms with Crippen molar-refractivity contribution in [2.75, 3.05) is 11.1 Å². The van der Waals surface area contributed by atoms with Crippen molar-refractivity contribution in [3.63, 3.8) is 0 Å². The Morgan fingerprint density at radius 2 is 1.78 bits per heavy atom. The van der Waals surface area contributed by atoms with E-state index in [-0.39, 0.29) is 5.91 Å². The predicted molar refractivity (Wildman–Crippen MR) is 110 cm³/mol. The second-order valence-electron chi connectivity index (χ2n) is 6.48. The summed E-state index contributed by atoms with van der Waals surface area (Å²) in [5.74, 6) is 0.652. The summed E-state index contributed by atoms with van der Waals surface area (Å²) in [6.07, 6.45) is 0.415. The Labute approximate surface area is 161 Å². The summed E-state index contributed by atoms with van der Waals surface area (Å²) < 4.78 is 2.05. The van der Waals surface area contributed by atoms with E-state index in [1.807, 2.05) is 60.7 Å². The number of carbonyl (C=O) groups excluding carboxylic acids is 1. The van der Waals surface area contributed by atoms with E-state index in [9.17, 15) is 4.79 Å². The average molecular weight is 376 g/mol. The number of para-hydroxylation sites is 2. The minimum Gasteiger partial charge on any atom is -0.326 e. The average Bonchev–Trinajstić information content (AvgIpc) is 3.08. The first kappa shape index (κ1) is 17.5. The molecular weight excluding hydrogens is 356 g/mol. The molecule has 0 aliphatic carbocycles. The van der Waals surface area contributed by atoms with Crippen LogP contribution < -0.4 is 5.32 Å². The van der Waals surface area contributed by atoms with Crippen LogP contribution in [0.2, 0.25) is 0 Å². The monoisotopic (exact) mass is 376 g/mol. The summed E-state index contributed by atoms with van der Waals surface area (Å²) in [5.41, 5.74) is 4.95. The van der Waals surface area contributed by atoms with Crippen LogP contribution in [0.25, 0.3) is 16.6 Å². The molecule has 136 valence electrons. The zero-order valence-corrected chi connectivity index (χ0v) is 16.1. The second-order valence-corrected chi connectivity index (χ2v) is 7.54. The largest absolute Gasteiger partial charge is 0.326 e. The molecule has 2 aromatic carbocycles. The Morgan fingerprint density at radius 3 is 2.59 bits per heavy atom. The van der Waals surface area contributed by atoms with Crippen LogP contribution in [0.1, 0.15) is 17.5 Å². The summed E-state index contributed by atoms with van der Waals surface area (Å²) in [6.45, 7) is 4.01. The molecule has 0 atom stereocenters. The van der Waals surface area contributed by atoms with Crippen LogP contribution in [0.15, 0.2) is 59.8 Å². The van der Waals surface area contributed by atoms with Gasteiger partial charge in [0.1, 0.15) is 0 Å². The highest BCUT2D eigenvalue weighted by atomic mass is 32.2. The van der Waals surface area contributed by atoms with Crippen molar-refractivity contribution in [3.05, 3.63) is 65.7 Å². The number of hydrogen-bond donors (Lipinski definition) is 1. The Balaban J connectivity index is 1.46. The number of aromatic nitrogens is 3. The highest BCUT2D eigenvalue weighted by Crippen LogP contribution is 2.24. The van der Waals surface area contributed by atoms with Gasteiger partial charge in [0.25, 0.3) is 0 Å². The predicted octanol–water partition coefficient (Wildman–Crippen LogP) is 4.62. The Morgan fingerprint density at radius 1 is 1.00 bits per heavy atom. The molecule has 0 spiro atoms. The number of fused-ring (bicyclic) bond motifs is 3. The maximum Gasteiger partial charge on any atom is 0.225 e. The molecule has 0 radical (unpaired) electrons. The van der Waals surface area contributed by atoms with Gasteiger partial charge in [-0.2, -0.15) is 0 Å². The Hall–Kier alpha value is -2.86. The summed E-state index contributed by atoms with van der Waals surface area (Å²) >= 11 is 1.55. The number of nitrogens with one attached hydrogen (secondary N) is 1. The van der Waals surface area contributed by atoms with Crippen molar-refractivity contribution in [1.29, 1.82) is 0 Å². The van der Waals surface area contributed by atoms with Gasteiger partial charge in [0.2, 0.25) is 5.91 Å². The summed E-state index contributed by atoms with van der Waals surface area (Å²) in [7, 11) is 0. The lowest BCUT2D eigenvalue weighted by molar-refractivity contribution is -0.115. The number of amides is 1. The summed E-state index contributed by atoms with van der Waals surface area (Å²) in [6, 6.07) is 18.2. The highest BCUT2D eigenvalue weighted by molar-refractivity contribution is 7.99. The van der Waals surface area contributed by atoms with Crippen LogP contribution in [0.3, 0.4) is 0 Å². The molecule has 0 aliphatic heterocycles. The molecule has 6 heteroatoms. The molecule has 0 saturated carbocycles. The molecule has 0 aliphatic rings. The van der Waals surface area contributed by atoms with Crippen LogP contribution in [0.5, 0.6) is 0 Å². The number of aryl methyl sites for hydroxylation is 2. The number of anilines is 1. The molecule has 27 heavy (non-hydrogen) atoms. The third-order valence-electron chi connectivity index (χ3n) is 4.55. The molecule has 5 nitrogen and oxygen atoms in total. The van der Waals surface area contributed by atoms with Crippen LogP contribution in [0, 0.1) is 13.8 Å². The molecular formula is C21H20N4OS. The lowest BCUT2D eigenvalue weighted by Crippen LogP contribution is -2.14. The molecule has 0 fully saturated rings. The molecule has 2 aromatic heterocycles. The zero-order valence-electron chi connectivity index (χ0n) is 15.3. The fourth-order valence-corrected chi connectivity index (χ4v) is 4.04. The first-order valence-electron chi connectivity index (χ1n) is 8.85. The quantitative estimate of drug-likeness (QED) is 0.516. The molecule has 0 saturated heterocycles. The van der Waals surface area contributed by atoms with Crippen molar-refractivity contribution in [3.8, 4) is 0 Å². The maximum absolute atomic E-state index is 12.4. The lowest BCUT2D eigenvalue weighted by Gasteiger charge is -2.11. The molecule has 4 rings (SSSR count). The van der Waals surface area contributed by atoms with E-state index in [1.54, 1.807) is 11.8 Å². The molecule has 4 aromatic rings. The van der Waals surface area contributed by atoms with Gasteiger partial charge in [-0.3, -0.25) is 9.20 Å². The maximum atomic E-state index is 12.4. The first-order chi connectivity index (χ1) is 13.1. The fraction of sp³-hybridized carbons (Fsp3) is 0.190. The number of pyridine rings is 1. The number of hydrogen-bond acceptors (Lipinski definition) is 4. The minimum atomic E-state index is 0.0126. The fourth-order valence-electron chi connectivity index (χ4n) is 3.15. The van der Waals surface area contributed by atoms with E-state index < -0.39 is 0 Å². The summed E-state index contributed by atoms with van der Waals surface area (Å²) in [4.78, 5) is 12.4. The SMILES string of the molecule is Cc1cccc(C)c1NC(=O)CCSc1nnc2ccc3ccccc3n12. The standard InChI is InChI=1S/C21H20N4OS/c1-14-6-5-7-15(2)20(14)22-19(26)12-13-27-21-24-23-18-11-10-16-8-3-4-9-17(16)25(18)21/h3-11H,12-13H2,1-2H3,(H,22,26). The molecule has 0 unspecified atom stereocenters. The van der Waals surface area contributed by atoms with Gasteiger partial charge >= 0.3 is 0 Å². The van der Waals surface area contributed by atoms with E-state index in [0.717, 1.165) is 38.5 Å². The molecule has 1 N–H and O–H groups in total. The van der Waals surface area contributed by atoms with E-state index in [2.05, 4.69) is 27.6 Å². The third-order valence-corrected chi connectivity index (χ3v) is 5.48. The van der Waals surface area contributed by atoms with E-state index in [1.165, 1.54) is 0 Å². The van der Waals surface area contributed by atoms with Gasteiger partial charge in [-0.1, -0.05) is 48.2 Å². The van der Waals surface area contributed by atoms with Crippen molar-refractivity contribution in [1.82, 2.24) is 14.6 Å². The molecule has 2 heterocycles. The van der Waals surface area contributed by atoms with Gasteiger partial charge < -0.3 is 5.32 Å². The number of benzene rings is 2. The first-order valence-corrected chi connectivity index (χ1v) is 9.84. The number of nitrogens with zero attached hydrogens (tertiary/aromatic N) is 3. The van der Waals surface area contributed by atoms with Crippen LogP contribution in [-0.4, -0.2) is 26.3 Å². The number of carbonyl (C=O) groups is 1. The van der Waals surface area contributed by atoms with Gasteiger partial charge in [-0.25, -0.2) is 0 Å². The van der Waals surface area contributed by atoms with E-state index in [0.29, 0.717) is 12.2 Å². The van der Waals surface area contributed by atoms with Crippen molar-refractivity contribution >= 4 is 39.9 Å². The minimum absolute atomic E-state index is 0.0126. The Kier molecular flexibility index (Phi) is 4.81. The molecule has 1 amide bonds. The van der Waals surface area contributed by atoms with Crippen LogP contribution in [-0.2, 0) is 4.79 Å². The second kappa shape index (κ2) is 7.40. The normalized spacial score (nSPS) is 11.2. The van der Waals surface area contributed by atoms with Crippen LogP contribution >= 0.6 is 11.8 Å². The van der Waals surface area contributed by atoms with Gasteiger partial charge in [0, 0.05) is 17.9 Å². The zero-order chi connectivity index (χ0) is 18.8. The van der Waals surface area contributed by atoms with Crippen molar-refractivity contribution in [2.24, 2.45) is 0 Å². The van der Waals surface area contributed by atoms with Gasteiger partial charge in [0.05, 0.1) is 5.52 Å². The summed E-state index contributed by atoms with van der Waals surface area (Å²) in [5, 5.41) is 13.5. The van der Waals surface area contributed by atoms with Crippen LogP contribution in [0.4, 0.5) is 5.69 Å². The van der Waals surface area contributed by atoms with Crippen molar-refractivity contribution in [2.45, 2.75) is 25.4 Å². The van der Waals surface area contributed by atoms with E-state index in [4.69, 9.17) is 0 Å². The van der Waals surface area contributed by atoms with E-state index >= 15 is 0 Å². The lowest BCUT2D eigenvalue weighted by atomic mass is 10.1. The highest BCUT2D eigenvalue weighted by Gasteiger charge is 2.11. The van der Waals surface area contributed by atoms with Gasteiger partial charge in [0.15, 0.2) is 10.8 Å². The number of rotatable bonds is 5. The smallest absolute Gasteiger partial charge is 0.225 e. The van der Waals surface area contributed by atoms with Gasteiger partial charge in [-0.05, 0) is 48.6 Å². The third kappa shape index (κ3) is 3.53. The topological polar surface area (TPSA) is 59.3 Å². The Bertz CT molecular complexity index is 1120. The van der Waals surface area contributed by atoms with Gasteiger partial charge in [-0.15, -0.1) is 10.2 Å². The molecule has 0 bridgehead atoms.